The van der Waals surface area contributed by atoms with E-state index in [1.54, 1.807) is 6.92 Å². The largest absolute Gasteiger partial charge is 0.328 e. The highest BCUT2D eigenvalue weighted by molar-refractivity contribution is 9.11. The number of nitrogens with one attached hydrogen (secondary N) is 1. The molecule has 5 heteroatoms. The summed E-state index contributed by atoms with van der Waals surface area (Å²) in [6.45, 7) is 5.61. The maximum atomic E-state index is 11.2. The third-order valence-electron chi connectivity index (χ3n) is 1.53. The van der Waals surface area contributed by atoms with Gasteiger partial charge in [-0.25, -0.2) is 4.79 Å². The van der Waals surface area contributed by atoms with Gasteiger partial charge < -0.3 is 0 Å². The van der Waals surface area contributed by atoms with Gasteiger partial charge in [0.25, 0.3) is 5.56 Å². The molecular weight excluding hydrogens is 236 g/mol. The van der Waals surface area contributed by atoms with Crippen LogP contribution in [-0.2, 0) is 6.54 Å². The maximum Gasteiger partial charge on any atom is 0.328 e. The van der Waals surface area contributed by atoms with Crippen LogP contribution in [0.3, 0.4) is 0 Å². The number of allylic oxidation sites excluding steroid dienone is 1. The Morgan fingerprint density at radius 3 is 2.85 bits per heavy atom. The van der Waals surface area contributed by atoms with Gasteiger partial charge in [-0.1, -0.05) is 22.5 Å². The molecule has 1 rings (SSSR count). The summed E-state index contributed by atoms with van der Waals surface area (Å²) in [4.78, 5) is 24.4. The number of halogens is 1. The van der Waals surface area contributed by atoms with Crippen molar-refractivity contribution in [1.29, 1.82) is 0 Å². The van der Waals surface area contributed by atoms with E-state index in [2.05, 4.69) is 27.5 Å². The van der Waals surface area contributed by atoms with Crippen LogP contribution < -0.4 is 11.2 Å². The summed E-state index contributed by atoms with van der Waals surface area (Å²) in [5.74, 6) is 0. The van der Waals surface area contributed by atoms with Crippen LogP contribution in [0.25, 0.3) is 0 Å². The molecule has 0 aliphatic heterocycles. The van der Waals surface area contributed by atoms with Crippen LogP contribution in [-0.4, -0.2) is 9.55 Å². The van der Waals surface area contributed by atoms with Crippen molar-refractivity contribution in [3.05, 3.63) is 43.7 Å². The van der Waals surface area contributed by atoms with Crippen molar-refractivity contribution >= 4 is 15.9 Å². The lowest BCUT2D eigenvalue weighted by atomic mass is 10.4. The second-order valence-electron chi connectivity index (χ2n) is 2.72. The molecule has 1 N–H and O–H groups in total. The Kier molecular flexibility index (Phi) is 2.87. The normalized spacial score (nSPS) is 10.0. The number of nitrogens with zero attached hydrogens (tertiary/aromatic N) is 1. The summed E-state index contributed by atoms with van der Waals surface area (Å²) in [6.07, 6.45) is 1.51. The van der Waals surface area contributed by atoms with Crippen LogP contribution in [0.1, 0.15) is 5.56 Å². The minimum absolute atomic E-state index is 0.346. The van der Waals surface area contributed by atoms with Gasteiger partial charge in [-0.05, 0) is 6.92 Å². The zero-order valence-corrected chi connectivity index (χ0v) is 8.72. The number of H-pyrrole nitrogens is 1. The van der Waals surface area contributed by atoms with Crippen LogP contribution in [0.15, 0.2) is 26.8 Å². The topological polar surface area (TPSA) is 54.9 Å². The zero-order valence-electron chi connectivity index (χ0n) is 7.13. The molecule has 4 nitrogen and oxygen atoms in total. The van der Waals surface area contributed by atoms with Gasteiger partial charge in [-0.2, -0.15) is 0 Å². The Bertz CT molecular complexity index is 444. The SMILES string of the molecule is C=C(Br)Cn1cc(C)c(=O)[nH]c1=O. The molecule has 0 spiro atoms. The first kappa shape index (κ1) is 9.98. The van der Waals surface area contributed by atoms with Gasteiger partial charge >= 0.3 is 5.69 Å². The quantitative estimate of drug-likeness (QED) is 0.835. The Morgan fingerprint density at radius 2 is 2.31 bits per heavy atom. The highest BCUT2D eigenvalue weighted by Crippen LogP contribution is 2.02. The molecule has 0 fully saturated rings. The van der Waals surface area contributed by atoms with Gasteiger partial charge in [0.05, 0.1) is 6.54 Å². The lowest BCUT2D eigenvalue weighted by Gasteiger charge is -2.03. The number of aryl methyl sites for hydroxylation is 1. The molecule has 1 heterocycles. The van der Waals surface area contributed by atoms with E-state index < -0.39 is 5.69 Å². The number of aromatic amines is 1. The molecule has 0 aliphatic rings. The minimum atomic E-state index is -0.420. The van der Waals surface area contributed by atoms with Gasteiger partial charge in [0.15, 0.2) is 0 Å². The van der Waals surface area contributed by atoms with E-state index in [1.807, 2.05) is 0 Å². The Labute approximate surface area is 83.0 Å². The average Bonchev–Trinajstić information content (AvgIpc) is 1.99. The minimum Gasteiger partial charge on any atom is -0.295 e. The first-order valence-electron chi connectivity index (χ1n) is 3.64. The fourth-order valence-corrected chi connectivity index (χ4v) is 1.19. The van der Waals surface area contributed by atoms with E-state index >= 15 is 0 Å². The molecule has 0 aromatic carbocycles. The molecule has 13 heavy (non-hydrogen) atoms. The first-order valence-corrected chi connectivity index (χ1v) is 4.43. The third-order valence-corrected chi connectivity index (χ3v) is 1.78. The van der Waals surface area contributed by atoms with Crippen molar-refractivity contribution in [2.24, 2.45) is 0 Å². The number of aromatic nitrogens is 2. The number of hydrogen-bond donors (Lipinski definition) is 1. The van der Waals surface area contributed by atoms with E-state index in [-0.39, 0.29) is 5.56 Å². The lowest BCUT2D eigenvalue weighted by Crippen LogP contribution is -2.30. The third kappa shape index (κ3) is 2.42. The van der Waals surface area contributed by atoms with Gasteiger partial charge in [-0.15, -0.1) is 0 Å². The van der Waals surface area contributed by atoms with Crippen LogP contribution >= 0.6 is 15.9 Å². The van der Waals surface area contributed by atoms with Crippen LogP contribution in [0.4, 0.5) is 0 Å². The summed E-state index contributed by atoms with van der Waals surface area (Å²) in [5.41, 5.74) is -0.258. The van der Waals surface area contributed by atoms with Gasteiger partial charge in [0, 0.05) is 16.2 Å². The molecule has 0 saturated carbocycles. The molecule has 70 valence electrons. The van der Waals surface area contributed by atoms with E-state index in [0.717, 1.165) is 0 Å². The summed E-state index contributed by atoms with van der Waals surface area (Å²) in [6, 6.07) is 0. The van der Waals surface area contributed by atoms with E-state index in [9.17, 15) is 9.59 Å². The second-order valence-corrected chi connectivity index (χ2v) is 3.84. The predicted octanol–water partition coefficient (Wildman–Crippen LogP) is 0.754. The zero-order chi connectivity index (χ0) is 10.0. The summed E-state index contributed by atoms with van der Waals surface area (Å²) in [7, 11) is 0. The molecule has 0 atom stereocenters. The fraction of sp³-hybridized carbons (Fsp3) is 0.250. The van der Waals surface area contributed by atoms with Crippen molar-refractivity contribution in [1.82, 2.24) is 9.55 Å². The fourth-order valence-electron chi connectivity index (χ4n) is 0.921. The molecule has 1 aromatic rings. The summed E-state index contributed by atoms with van der Waals surface area (Å²) < 4.78 is 2.06. The Balaban J connectivity index is 3.24. The molecule has 0 aliphatic carbocycles. The van der Waals surface area contributed by atoms with Gasteiger partial charge in [0.2, 0.25) is 0 Å². The van der Waals surface area contributed by atoms with Crippen molar-refractivity contribution in [2.75, 3.05) is 0 Å². The highest BCUT2D eigenvalue weighted by Gasteiger charge is 2.00. The molecule has 0 bridgehead atoms. The van der Waals surface area contributed by atoms with Crippen molar-refractivity contribution in [3.63, 3.8) is 0 Å². The molecule has 0 radical (unpaired) electrons. The van der Waals surface area contributed by atoms with Crippen LogP contribution in [0.2, 0.25) is 0 Å². The van der Waals surface area contributed by atoms with Crippen molar-refractivity contribution in [2.45, 2.75) is 13.5 Å². The second kappa shape index (κ2) is 3.74. The van der Waals surface area contributed by atoms with E-state index in [0.29, 0.717) is 16.6 Å². The molecular formula is C8H9BrN2O2. The van der Waals surface area contributed by atoms with Crippen LogP contribution in [0.5, 0.6) is 0 Å². The Hall–Kier alpha value is -1.10. The molecule has 0 unspecified atom stereocenters. The van der Waals surface area contributed by atoms with Gasteiger partial charge in [-0.3, -0.25) is 14.3 Å². The lowest BCUT2D eigenvalue weighted by molar-refractivity contribution is 0.725. The van der Waals surface area contributed by atoms with Crippen molar-refractivity contribution in [3.8, 4) is 0 Å². The molecule has 0 amide bonds. The molecule has 0 saturated heterocycles. The van der Waals surface area contributed by atoms with Crippen molar-refractivity contribution < 1.29 is 0 Å². The number of rotatable bonds is 2. The van der Waals surface area contributed by atoms with E-state index in [4.69, 9.17) is 0 Å². The number of hydrogen-bond acceptors (Lipinski definition) is 2. The summed E-state index contributed by atoms with van der Waals surface area (Å²) >= 11 is 3.14. The molecule has 1 aromatic heterocycles. The standard InChI is InChI=1S/C8H9BrN2O2/c1-5-3-11(4-6(2)9)8(13)10-7(5)12/h3H,2,4H2,1H3,(H,10,12,13). The predicted molar refractivity (Wildman–Crippen MR) is 54.1 cm³/mol. The smallest absolute Gasteiger partial charge is 0.295 e. The first-order chi connectivity index (χ1) is 6.00. The highest BCUT2D eigenvalue weighted by atomic mass is 79.9. The van der Waals surface area contributed by atoms with Crippen LogP contribution in [0, 0.1) is 6.92 Å². The van der Waals surface area contributed by atoms with Gasteiger partial charge in [0.1, 0.15) is 0 Å². The average molecular weight is 245 g/mol. The maximum absolute atomic E-state index is 11.2. The van der Waals surface area contributed by atoms with E-state index in [1.165, 1.54) is 10.8 Å². The summed E-state index contributed by atoms with van der Waals surface area (Å²) in [5, 5.41) is 0. The Morgan fingerprint density at radius 1 is 1.69 bits per heavy atom. The monoisotopic (exact) mass is 244 g/mol.